The van der Waals surface area contributed by atoms with Gasteiger partial charge in [-0.1, -0.05) is 307 Å². The zero-order valence-corrected chi connectivity index (χ0v) is 53.7. The minimum atomic E-state index is -0.809. The lowest BCUT2D eigenvalue weighted by Gasteiger charge is -2.18. The van der Waals surface area contributed by atoms with Crippen molar-refractivity contribution in [3.63, 3.8) is 0 Å². The lowest BCUT2D eigenvalue weighted by Crippen LogP contribution is -2.30. The second kappa shape index (κ2) is 69.5. The Bertz CT molecular complexity index is 1840. The zero-order valence-electron chi connectivity index (χ0n) is 53.7. The summed E-state index contributed by atoms with van der Waals surface area (Å²) in [6, 6.07) is 0. The summed E-state index contributed by atoms with van der Waals surface area (Å²) < 4.78 is 16.9. The maximum atomic E-state index is 12.9. The normalized spacial score (nSPS) is 13.1. The molecule has 0 aromatic heterocycles. The number of allylic oxidation sites excluding steroid dienone is 26. The van der Waals surface area contributed by atoms with Crippen LogP contribution in [0.2, 0.25) is 0 Å². The number of hydrogen-bond acceptors (Lipinski definition) is 6. The Balaban J connectivity index is 4.39. The minimum absolute atomic E-state index is 0.0998. The van der Waals surface area contributed by atoms with E-state index >= 15 is 0 Å². The molecule has 6 nitrogen and oxygen atoms in total. The van der Waals surface area contributed by atoms with Crippen LogP contribution < -0.4 is 0 Å². The quantitative estimate of drug-likeness (QED) is 0.0261. The molecule has 1 unspecified atom stereocenters. The molecule has 6 heteroatoms. The highest BCUT2D eigenvalue weighted by Crippen LogP contribution is 2.16. The van der Waals surface area contributed by atoms with E-state index in [1.165, 1.54) is 116 Å². The maximum absolute atomic E-state index is 12.9. The van der Waals surface area contributed by atoms with Crippen molar-refractivity contribution in [2.24, 2.45) is 0 Å². The number of carbonyl (C=O) groups excluding carboxylic acids is 3. The van der Waals surface area contributed by atoms with Gasteiger partial charge in [0.15, 0.2) is 6.10 Å². The number of unbranched alkanes of at least 4 members (excludes halogenated alkanes) is 23. The highest BCUT2D eigenvalue weighted by molar-refractivity contribution is 5.71. The van der Waals surface area contributed by atoms with Gasteiger partial charge in [0.2, 0.25) is 0 Å². The van der Waals surface area contributed by atoms with E-state index in [-0.39, 0.29) is 37.5 Å². The SMILES string of the molecule is CC/C=C\C/C=C\C/C=C\C/C=C\C/C=C\C/C=C\C/C=C\C/C=C\C/C=C\CCCC(=O)OCC(COC(=O)CCCCCCCCCCCCC)OC(=O)CCCCCCCCCCCCCC/C=C\C/C=C\C/C=C\C/C=C\CC. The fourth-order valence-corrected chi connectivity index (χ4v) is 9.02. The van der Waals surface area contributed by atoms with E-state index in [4.69, 9.17) is 14.2 Å². The van der Waals surface area contributed by atoms with Crippen LogP contribution in [0.1, 0.15) is 290 Å². The van der Waals surface area contributed by atoms with E-state index in [0.717, 1.165) is 128 Å². The van der Waals surface area contributed by atoms with Crippen LogP contribution >= 0.6 is 0 Å². The van der Waals surface area contributed by atoms with Crippen LogP contribution in [0.3, 0.4) is 0 Å². The summed E-state index contributed by atoms with van der Waals surface area (Å²) in [4.78, 5) is 38.3. The number of carbonyl (C=O) groups is 3. The molecule has 0 heterocycles. The van der Waals surface area contributed by atoms with Gasteiger partial charge < -0.3 is 14.2 Å². The number of esters is 3. The fourth-order valence-electron chi connectivity index (χ4n) is 9.02. The molecule has 0 aliphatic heterocycles. The van der Waals surface area contributed by atoms with Gasteiger partial charge in [0.1, 0.15) is 13.2 Å². The fraction of sp³-hybridized carbons (Fsp3) is 0.623. The highest BCUT2D eigenvalue weighted by Gasteiger charge is 2.19. The lowest BCUT2D eigenvalue weighted by atomic mass is 10.0. The van der Waals surface area contributed by atoms with E-state index in [0.29, 0.717) is 19.3 Å². The molecule has 0 N–H and O–H groups in total. The molecule has 0 rings (SSSR count). The van der Waals surface area contributed by atoms with Crippen molar-refractivity contribution in [2.45, 2.75) is 297 Å². The third-order valence-electron chi connectivity index (χ3n) is 14.0. The Kier molecular flexibility index (Phi) is 65.4. The molecule has 0 saturated carbocycles. The van der Waals surface area contributed by atoms with E-state index in [1.807, 2.05) is 0 Å². The van der Waals surface area contributed by atoms with E-state index < -0.39 is 6.10 Å². The minimum Gasteiger partial charge on any atom is -0.462 e. The largest absolute Gasteiger partial charge is 0.462 e. The molecule has 0 radical (unpaired) electrons. The van der Waals surface area contributed by atoms with E-state index in [1.54, 1.807) is 0 Å². The van der Waals surface area contributed by atoms with Gasteiger partial charge in [-0.2, -0.15) is 0 Å². The van der Waals surface area contributed by atoms with Gasteiger partial charge in [0.05, 0.1) is 0 Å². The first kappa shape index (κ1) is 78.0. The Hall–Kier alpha value is -4.97. The number of rotatable bonds is 60. The average Bonchev–Trinajstić information content (AvgIpc) is 3.48. The van der Waals surface area contributed by atoms with Crippen molar-refractivity contribution in [3.05, 3.63) is 158 Å². The first-order valence-corrected chi connectivity index (χ1v) is 34.0. The second-order valence-electron chi connectivity index (χ2n) is 22.0. The van der Waals surface area contributed by atoms with Gasteiger partial charge in [-0.05, 0) is 122 Å². The van der Waals surface area contributed by atoms with Gasteiger partial charge in [0, 0.05) is 19.3 Å². The summed E-state index contributed by atoms with van der Waals surface area (Å²) >= 11 is 0. The first-order chi connectivity index (χ1) is 41.0. The zero-order chi connectivity index (χ0) is 59.9. The molecule has 0 aliphatic rings. The van der Waals surface area contributed by atoms with E-state index in [9.17, 15) is 14.4 Å². The van der Waals surface area contributed by atoms with Gasteiger partial charge in [-0.15, -0.1) is 0 Å². The summed E-state index contributed by atoms with van der Waals surface area (Å²) in [6.07, 6.45) is 101. The van der Waals surface area contributed by atoms with Crippen molar-refractivity contribution >= 4 is 17.9 Å². The van der Waals surface area contributed by atoms with Crippen LogP contribution in [0.15, 0.2) is 158 Å². The van der Waals surface area contributed by atoms with E-state index in [2.05, 4.69) is 179 Å². The molecule has 0 saturated heterocycles. The van der Waals surface area contributed by atoms with Crippen molar-refractivity contribution in [2.75, 3.05) is 13.2 Å². The van der Waals surface area contributed by atoms with Crippen LogP contribution in [0.5, 0.6) is 0 Å². The molecule has 0 aromatic carbocycles. The molecule has 1 atom stereocenters. The summed E-state index contributed by atoms with van der Waals surface area (Å²) in [5, 5.41) is 0. The van der Waals surface area contributed by atoms with Crippen LogP contribution in [0.25, 0.3) is 0 Å². The van der Waals surface area contributed by atoms with Crippen LogP contribution in [-0.4, -0.2) is 37.2 Å². The molecule has 468 valence electrons. The second-order valence-corrected chi connectivity index (χ2v) is 22.0. The third kappa shape index (κ3) is 67.7. The molecule has 0 amide bonds. The number of hydrogen-bond donors (Lipinski definition) is 0. The van der Waals surface area contributed by atoms with Crippen molar-refractivity contribution in [3.8, 4) is 0 Å². The molecule has 0 spiro atoms. The Morgan fingerprint density at radius 2 is 0.482 bits per heavy atom. The molecular formula is C77H124O6. The Morgan fingerprint density at radius 1 is 0.253 bits per heavy atom. The van der Waals surface area contributed by atoms with Crippen LogP contribution in [0.4, 0.5) is 0 Å². The molecule has 0 fully saturated rings. The summed E-state index contributed by atoms with van der Waals surface area (Å²) in [5.74, 6) is -0.963. The summed E-state index contributed by atoms with van der Waals surface area (Å²) in [7, 11) is 0. The third-order valence-corrected chi connectivity index (χ3v) is 14.0. The highest BCUT2D eigenvalue weighted by atomic mass is 16.6. The predicted molar refractivity (Wildman–Crippen MR) is 362 cm³/mol. The van der Waals surface area contributed by atoms with Crippen LogP contribution in [0, 0.1) is 0 Å². The maximum Gasteiger partial charge on any atom is 0.306 e. The monoisotopic (exact) mass is 1140 g/mol. The molecule has 0 bridgehead atoms. The van der Waals surface area contributed by atoms with Gasteiger partial charge in [-0.25, -0.2) is 0 Å². The topological polar surface area (TPSA) is 78.9 Å². The summed E-state index contributed by atoms with van der Waals surface area (Å²) in [6.45, 7) is 6.37. The molecule has 0 aromatic rings. The average molecular weight is 1150 g/mol. The van der Waals surface area contributed by atoms with Gasteiger partial charge >= 0.3 is 17.9 Å². The standard InChI is InChI=1S/C77H124O6/c1-4-7-10-13-16-19-22-24-26-28-30-32-34-36-37-38-39-41-42-44-46-48-50-52-55-58-61-64-67-70-76(79)82-73-74(72-81-75(78)69-66-63-60-57-54-21-18-15-12-9-6-3)83-77(80)71-68-65-62-59-56-53-51-49-47-45-43-40-35-33-31-29-27-25-23-20-17-14-11-8-5-2/h7-8,10-11,16-17,19-20,24-27,30-33,36-37,39,41,44,46,50,52,58,61,74H,4-6,9,12-15,18,21-23,28-29,34-35,38,40,42-43,45,47-49,51,53-57,59-60,62-73H2,1-3H3/b10-7-,11-8-,19-16-,20-17-,26-24-,27-25-,32-30-,33-31-,37-36-,41-39-,46-44-,52-50-,61-58-. The molecule has 0 aliphatic carbocycles. The van der Waals surface area contributed by atoms with Crippen LogP contribution in [-0.2, 0) is 28.6 Å². The lowest BCUT2D eigenvalue weighted by molar-refractivity contribution is -0.167. The summed E-state index contributed by atoms with van der Waals surface area (Å²) in [5.41, 5.74) is 0. The van der Waals surface area contributed by atoms with Crippen molar-refractivity contribution < 1.29 is 28.6 Å². The molecule has 83 heavy (non-hydrogen) atoms. The van der Waals surface area contributed by atoms with Gasteiger partial charge in [0.25, 0.3) is 0 Å². The first-order valence-electron chi connectivity index (χ1n) is 34.0. The Labute approximate surface area is 511 Å². The van der Waals surface area contributed by atoms with Crippen molar-refractivity contribution in [1.82, 2.24) is 0 Å². The Morgan fingerprint density at radius 3 is 0.783 bits per heavy atom. The van der Waals surface area contributed by atoms with Gasteiger partial charge in [-0.3, -0.25) is 14.4 Å². The van der Waals surface area contributed by atoms with Crippen molar-refractivity contribution in [1.29, 1.82) is 0 Å². The predicted octanol–water partition coefficient (Wildman–Crippen LogP) is 23.7. The molecular weight excluding hydrogens is 1020 g/mol. The smallest absolute Gasteiger partial charge is 0.306 e. The number of ether oxygens (including phenoxy) is 3.